The standard InChI is InChI=1S/C13H17Cl2NO3/c1-9(11-4-3-10(14)7-12(11)15)16(5-6-19-2)8-13(17)18/h3-4,7,9H,5-6,8H2,1-2H3,(H,17,18). The van der Waals surface area contributed by atoms with Crippen LogP contribution in [-0.4, -0.2) is 42.8 Å². The molecule has 0 aliphatic carbocycles. The van der Waals surface area contributed by atoms with Gasteiger partial charge in [-0.3, -0.25) is 9.69 Å². The van der Waals surface area contributed by atoms with E-state index in [2.05, 4.69) is 0 Å². The van der Waals surface area contributed by atoms with Gasteiger partial charge in [-0.05, 0) is 24.6 Å². The maximum atomic E-state index is 10.9. The van der Waals surface area contributed by atoms with E-state index in [1.165, 1.54) is 0 Å². The van der Waals surface area contributed by atoms with Crippen LogP contribution < -0.4 is 0 Å². The van der Waals surface area contributed by atoms with Crippen LogP contribution in [0.3, 0.4) is 0 Å². The smallest absolute Gasteiger partial charge is 0.317 e. The van der Waals surface area contributed by atoms with Gasteiger partial charge in [0.05, 0.1) is 13.2 Å². The molecule has 4 nitrogen and oxygen atoms in total. The van der Waals surface area contributed by atoms with Crippen LogP contribution in [0.25, 0.3) is 0 Å². The van der Waals surface area contributed by atoms with Gasteiger partial charge in [0.2, 0.25) is 0 Å². The first-order chi connectivity index (χ1) is 8.95. The second-order valence-electron chi connectivity index (χ2n) is 4.20. The average Bonchev–Trinajstić information content (AvgIpc) is 2.33. The summed E-state index contributed by atoms with van der Waals surface area (Å²) in [6.45, 7) is 2.82. The SMILES string of the molecule is COCCN(CC(=O)O)C(C)c1ccc(Cl)cc1Cl. The lowest BCUT2D eigenvalue weighted by molar-refractivity contribution is -0.139. The fourth-order valence-electron chi connectivity index (χ4n) is 1.83. The van der Waals surface area contributed by atoms with Gasteiger partial charge in [-0.25, -0.2) is 0 Å². The third kappa shape index (κ3) is 4.99. The van der Waals surface area contributed by atoms with Crippen molar-refractivity contribution in [2.24, 2.45) is 0 Å². The Bertz CT molecular complexity index is 440. The Hall–Kier alpha value is -0.810. The number of hydrogen-bond acceptors (Lipinski definition) is 3. The van der Waals surface area contributed by atoms with Crippen molar-refractivity contribution in [3.8, 4) is 0 Å². The van der Waals surface area contributed by atoms with Crippen molar-refractivity contribution in [1.29, 1.82) is 0 Å². The lowest BCUT2D eigenvalue weighted by Crippen LogP contribution is -2.35. The molecule has 1 atom stereocenters. The summed E-state index contributed by atoms with van der Waals surface area (Å²) in [5.74, 6) is -0.881. The van der Waals surface area contributed by atoms with Crippen molar-refractivity contribution in [2.75, 3.05) is 26.8 Å². The Morgan fingerprint density at radius 3 is 2.68 bits per heavy atom. The molecule has 0 radical (unpaired) electrons. The lowest BCUT2D eigenvalue weighted by atomic mass is 10.1. The molecule has 0 bridgehead atoms. The quantitative estimate of drug-likeness (QED) is 0.841. The number of carboxylic acid groups (broad SMARTS) is 1. The Morgan fingerprint density at radius 1 is 1.47 bits per heavy atom. The maximum absolute atomic E-state index is 10.9. The Balaban J connectivity index is 2.90. The first-order valence-electron chi connectivity index (χ1n) is 5.85. The molecule has 0 saturated carbocycles. The molecule has 0 fully saturated rings. The largest absolute Gasteiger partial charge is 0.480 e. The monoisotopic (exact) mass is 305 g/mol. The fourth-order valence-corrected chi connectivity index (χ4v) is 2.40. The zero-order chi connectivity index (χ0) is 14.4. The average molecular weight is 306 g/mol. The number of benzene rings is 1. The van der Waals surface area contributed by atoms with E-state index in [9.17, 15) is 4.79 Å². The van der Waals surface area contributed by atoms with Crippen LogP contribution in [0.4, 0.5) is 0 Å². The van der Waals surface area contributed by atoms with Gasteiger partial charge in [-0.15, -0.1) is 0 Å². The van der Waals surface area contributed by atoms with Gasteiger partial charge < -0.3 is 9.84 Å². The molecule has 106 valence electrons. The number of carbonyl (C=O) groups is 1. The Labute approximate surface area is 122 Å². The molecule has 0 spiro atoms. The first-order valence-corrected chi connectivity index (χ1v) is 6.61. The highest BCUT2D eigenvalue weighted by Crippen LogP contribution is 2.29. The molecule has 1 N–H and O–H groups in total. The highest BCUT2D eigenvalue weighted by molar-refractivity contribution is 6.35. The summed E-state index contributed by atoms with van der Waals surface area (Å²) in [6, 6.07) is 5.09. The van der Waals surface area contributed by atoms with Crippen molar-refractivity contribution in [3.63, 3.8) is 0 Å². The summed E-state index contributed by atoms with van der Waals surface area (Å²) >= 11 is 12.0. The van der Waals surface area contributed by atoms with Crippen LogP contribution in [0.5, 0.6) is 0 Å². The number of hydrogen-bond donors (Lipinski definition) is 1. The van der Waals surface area contributed by atoms with Crippen molar-refractivity contribution in [3.05, 3.63) is 33.8 Å². The molecule has 0 aliphatic rings. The molecule has 1 aromatic rings. The minimum atomic E-state index is -0.881. The van der Waals surface area contributed by atoms with Crippen LogP contribution in [0, 0.1) is 0 Å². The predicted octanol–water partition coefficient (Wildman–Crippen LogP) is 3.09. The first kappa shape index (κ1) is 16.2. The Morgan fingerprint density at radius 2 is 2.16 bits per heavy atom. The van der Waals surface area contributed by atoms with Crippen molar-refractivity contribution in [1.82, 2.24) is 4.90 Å². The molecule has 19 heavy (non-hydrogen) atoms. The fraction of sp³-hybridized carbons (Fsp3) is 0.462. The maximum Gasteiger partial charge on any atom is 0.317 e. The highest BCUT2D eigenvalue weighted by Gasteiger charge is 2.20. The van der Waals surface area contributed by atoms with E-state index in [0.29, 0.717) is 23.2 Å². The minimum absolute atomic E-state index is 0.0660. The summed E-state index contributed by atoms with van der Waals surface area (Å²) in [7, 11) is 1.58. The number of halogens is 2. The molecule has 0 amide bonds. The number of rotatable bonds is 7. The number of carboxylic acids is 1. The van der Waals surface area contributed by atoms with Gasteiger partial charge in [0.15, 0.2) is 0 Å². The van der Waals surface area contributed by atoms with Gasteiger partial charge in [0, 0.05) is 29.7 Å². The molecule has 6 heteroatoms. The number of methoxy groups -OCH3 is 1. The summed E-state index contributed by atoms with van der Waals surface area (Å²) in [5, 5.41) is 10.0. The zero-order valence-corrected chi connectivity index (χ0v) is 12.4. The van der Waals surface area contributed by atoms with Gasteiger partial charge in [0.1, 0.15) is 0 Å². The summed E-state index contributed by atoms with van der Waals surface area (Å²) in [5.41, 5.74) is 0.850. The van der Waals surface area contributed by atoms with Crippen LogP contribution in [0.15, 0.2) is 18.2 Å². The molecule has 0 heterocycles. The number of nitrogens with zero attached hydrogens (tertiary/aromatic N) is 1. The van der Waals surface area contributed by atoms with Gasteiger partial charge in [-0.2, -0.15) is 0 Å². The van der Waals surface area contributed by atoms with Crippen LogP contribution in [-0.2, 0) is 9.53 Å². The van der Waals surface area contributed by atoms with Gasteiger partial charge >= 0.3 is 5.97 Å². The van der Waals surface area contributed by atoms with E-state index < -0.39 is 5.97 Å². The molecular formula is C13H17Cl2NO3. The molecule has 1 unspecified atom stereocenters. The van der Waals surface area contributed by atoms with E-state index in [-0.39, 0.29) is 12.6 Å². The topological polar surface area (TPSA) is 49.8 Å². The molecule has 0 saturated heterocycles. The van der Waals surface area contributed by atoms with E-state index in [4.69, 9.17) is 33.0 Å². The number of aliphatic carboxylic acids is 1. The molecule has 0 aromatic heterocycles. The van der Waals surface area contributed by atoms with Crippen molar-refractivity contribution >= 4 is 29.2 Å². The van der Waals surface area contributed by atoms with Crippen molar-refractivity contribution in [2.45, 2.75) is 13.0 Å². The summed E-state index contributed by atoms with van der Waals surface area (Å²) in [4.78, 5) is 12.7. The third-order valence-corrected chi connectivity index (χ3v) is 3.44. The predicted molar refractivity (Wildman–Crippen MR) is 76.0 cm³/mol. The molecule has 1 aromatic carbocycles. The van der Waals surface area contributed by atoms with E-state index in [1.807, 2.05) is 13.0 Å². The van der Waals surface area contributed by atoms with E-state index >= 15 is 0 Å². The molecular weight excluding hydrogens is 289 g/mol. The van der Waals surface area contributed by atoms with E-state index in [1.54, 1.807) is 24.1 Å². The minimum Gasteiger partial charge on any atom is -0.480 e. The number of ether oxygens (including phenoxy) is 1. The Kier molecular flexibility index (Phi) is 6.58. The normalized spacial score (nSPS) is 12.7. The molecule has 0 aliphatic heterocycles. The van der Waals surface area contributed by atoms with Crippen LogP contribution in [0.1, 0.15) is 18.5 Å². The lowest BCUT2D eigenvalue weighted by Gasteiger charge is -2.28. The highest BCUT2D eigenvalue weighted by atomic mass is 35.5. The van der Waals surface area contributed by atoms with E-state index in [0.717, 1.165) is 5.56 Å². The summed E-state index contributed by atoms with van der Waals surface area (Å²) in [6.07, 6.45) is 0. The second-order valence-corrected chi connectivity index (χ2v) is 5.04. The molecule has 1 rings (SSSR count). The van der Waals surface area contributed by atoms with Crippen LogP contribution >= 0.6 is 23.2 Å². The van der Waals surface area contributed by atoms with Crippen LogP contribution in [0.2, 0.25) is 10.0 Å². The van der Waals surface area contributed by atoms with Crippen molar-refractivity contribution < 1.29 is 14.6 Å². The second kappa shape index (κ2) is 7.70. The summed E-state index contributed by atoms with van der Waals surface area (Å²) < 4.78 is 5.00. The van der Waals surface area contributed by atoms with Gasteiger partial charge in [0.25, 0.3) is 0 Å². The third-order valence-electron chi connectivity index (χ3n) is 2.88. The van der Waals surface area contributed by atoms with Gasteiger partial charge in [-0.1, -0.05) is 29.3 Å². The zero-order valence-electron chi connectivity index (χ0n) is 10.9.